The summed E-state index contributed by atoms with van der Waals surface area (Å²) in [6, 6.07) is 8.62. The Bertz CT molecular complexity index is 451. The van der Waals surface area contributed by atoms with Gasteiger partial charge in [0.25, 0.3) is 0 Å². The van der Waals surface area contributed by atoms with Crippen molar-refractivity contribution in [3.8, 4) is 0 Å². The molecule has 1 nitrogen and oxygen atoms in total. The molecule has 0 N–H and O–H groups in total. The smallest absolute Gasteiger partial charge is 0.134 e. The number of furan rings is 1. The average Bonchev–Trinajstić information content (AvgIpc) is 2.68. The van der Waals surface area contributed by atoms with Gasteiger partial charge in [0, 0.05) is 5.39 Å². The average molecular weight is 232 g/mol. The molecule has 0 aliphatic heterocycles. The van der Waals surface area contributed by atoms with Crippen LogP contribution in [0.3, 0.4) is 0 Å². The first kappa shape index (κ1) is 13.8. The monoisotopic (exact) mass is 232 g/mol. The summed E-state index contributed by atoms with van der Waals surface area (Å²) < 4.78 is 5.62. The Morgan fingerprint density at radius 3 is 2.47 bits per heavy atom. The van der Waals surface area contributed by atoms with Crippen molar-refractivity contribution in [3.05, 3.63) is 35.6 Å². The lowest BCUT2D eigenvalue weighted by Gasteiger charge is -2.04. The first-order valence-electron chi connectivity index (χ1n) is 6.64. The fraction of sp³-hybridized carbons (Fsp3) is 0.500. The third kappa shape index (κ3) is 3.92. The van der Waals surface area contributed by atoms with Crippen LogP contribution in [-0.2, 0) is 6.42 Å². The minimum absolute atomic E-state index is 0.763. The molecule has 0 spiro atoms. The zero-order valence-electron chi connectivity index (χ0n) is 11.7. The van der Waals surface area contributed by atoms with Gasteiger partial charge in [-0.05, 0) is 43.4 Å². The summed E-state index contributed by atoms with van der Waals surface area (Å²) in [4.78, 5) is 0. The Labute approximate surface area is 105 Å². The first-order valence-corrected chi connectivity index (χ1v) is 6.64. The Morgan fingerprint density at radius 2 is 1.82 bits per heavy atom. The van der Waals surface area contributed by atoms with E-state index in [0.717, 1.165) is 23.7 Å². The highest BCUT2D eigenvalue weighted by Crippen LogP contribution is 2.21. The van der Waals surface area contributed by atoms with Crippen LogP contribution in [0.5, 0.6) is 0 Å². The number of fused-ring (bicyclic) bond motifs is 1. The van der Waals surface area contributed by atoms with Crippen molar-refractivity contribution in [1.29, 1.82) is 0 Å². The van der Waals surface area contributed by atoms with E-state index in [-0.39, 0.29) is 0 Å². The zero-order chi connectivity index (χ0) is 12.8. The number of aryl methyl sites for hydroxylation is 2. The molecule has 0 unspecified atom stereocenters. The minimum Gasteiger partial charge on any atom is -0.461 e. The molecule has 0 radical (unpaired) electrons. The highest BCUT2D eigenvalue weighted by atomic mass is 16.3. The van der Waals surface area contributed by atoms with E-state index in [9.17, 15) is 0 Å². The van der Waals surface area contributed by atoms with E-state index >= 15 is 0 Å². The summed E-state index contributed by atoms with van der Waals surface area (Å²) in [5.41, 5.74) is 2.40. The summed E-state index contributed by atoms with van der Waals surface area (Å²) in [5.74, 6) is 1.75. The second-order valence-electron chi connectivity index (χ2n) is 4.66. The summed E-state index contributed by atoms with van der Waals surface area (Å²) >= 11 is 0. The van der Waals surface area contributed by atoms with Gasteiger partial charge in [-0.3, -0.25) is 0 Å². The van der Waals surface area contributed by atoms with Crippen LogP contribution in [0.25, 0.3) is 11.0 Å². The van der Waals surface area contributed by atoms with Crippen LogP contribution in [0.2, 0.25) is 0 Å². The van der Waals surface area contributed by atoms with Crippen molar-refractivity contribution >= 4 is 11.0 Å². The van der Waals surface area contributed by atoms with Crippen LogP contribution < -0.4 is 0 Å². The van der Waals surface area contributed by atoms with Crippen molar-refractivity contribution in [2.75, 3.05) is 0 Å². The lowest BCUT2D eigenvalue weighted by atomic mass is 10.0. The van der Waals surface area contributed by atoms with Gasteiger partial charge in [0.2, 0.25) is 0 Å². The van der Waals surface area contributed by atoms with Crippen LogP contribution >= 0.6 is 0 Å². The fourth-order valence-electron chi connectivity index (χ4n) is 1.82. The summed E-state index contributed by atoms with van der Waals surface area (Å²) in [6.07, 6.45) is 2.39. The van der Waals surface area contributed by atoms with Gasteiger partial charge in [-0.15, -0.1) is 0 Å². The van der Waals surface area contributed by atoms with E-state index < -0.39 is 0 Å². The molecular formula is C16H24O. The van der Waals surface area contributed by atoms with E-state index in [1.54, 1.807) is 0 Å². The molecule has 1 aromatic carbocycles. The molecule has 17 heavy (non-hydrogen) atoms. The van der Waals surface area contributed by atoms with Gasteiger partial charge in [0.05, 0.1) is 0 Å². The Kier molecular flexibility index (Phi) is 5.27. The standard InChI is InChI=1S/C14H18O.C2H6/c1-10(2)4-5-12-6-7-13-8-11(3)15-14(13)9-12;1-2/h6-10H,4-5H2,1-3H3;1-2H3. The van der Waals surface area contributed by atoms with Crippen molar-refractivity contribution in [2.45, 2.75) is 47.5 Å². The maximum atomic E-state index is 5.62. The third-order valence-electron chi connectivity index (χ3n) is 2.72. The van der Waals surface area contributed by atoms with E-state index in [1.807, 2.05) is 20.8 Å². The molecule has 0 atom stereocenters. The fourth-order valence-corrected chi connectivity index (χ4v) is 1.82. The second-order valence-corrected chi connectivity index (χ2v) is 4.66. The van der Waals surface area contributed by atoms with Gasteiger partial charge >= 0.3 is 0 Å². The maximum Gasteiger partial charge on any atom is 0.134 e. The summed E-state index contributed by atoms with van der Waals surface area (Å²) in [6.45, 7) is 10.5. The largest absolute Gasteiger partial charge is 0.461 e. The van der Waals surface area contributed by atoms with Crippen LogP contribution in [0.15, 0.2) is 28.7 Å². The van der Waals surface area contributed by atoms with Crippen LogP contribution in [0, 0.1) is 12.8 Å². The predicted molar refractivity (Wildman–Crippen MR) is 75.5 cm³/mol. The van der Waals surface area contributed by atoms with Gasteiger partial charge in [0.15, 0.2) is 0 Å². The molecule has 2 rings (SSSR count). The third-order valence-corrected chi connectivity index (χ3v) is 2.72. The molecule has 1 aromatic heterocycles. The SMILES string of the molecule is CC.Cc1cc2ccc(CCC(C)C)cc2o1. The molecule has 2 aromatic rings. The maximum absolute atomic E-state index is 5.62. The van der Waals surface area contributed by atoms with Gasteiger partial charge in [-0.2, -0.15) is 0 Å². The minimum atomic E-state index is 0.763. The quantitative estimate of drug-likeness (QED) is 0.694. The Morgan fingerprint density at radius 1 is 1.12 bits per heavy atom. The van der Waals surface area contributed by atoms with Gasteiger partial charge in [-0.1, -0.05) is 39.8 Å². The van der Waals surface area contributed by atoms with Gasteiger partial charge < -0.3 is 4.42 Å². The van der Waals surface area contributed by atoms with Crippen LogP contribution in [0.1, 0.15) is 45.4 Å². The number of hydrogen-bond acceptors (Lipinski definition) is 1. The van der Waals surface area contributed by atoms with Crippen LogP contribution in [-0.4, -0.2) is 0 Å². The molecular weight excluding hydrogens is 208 g/mol. The molecule has 0 aliphatic rings. The Hall–Kier alpha value is -1.24. The predicted octanol–water partition coefficient (Wildman–Crippen LogP) is 5.36. The van der Waals surface area contributed by atoms with Crippen LogP contribution in [0.4, 0.5) is 0 Å². The molecule has 0 fully saturated rings. The first-order chi connectivity index (χ1) is 8.15. The number of benzene rings is 1. The highest BCUT2D eigenvalue weighted by Gasteiger charge is 2.02. The highest BCUT2D eigenvalue weighted by molar-refractivity contribution is 5.78. The van der Waals surface area contributed by atoms with Crippen molar-refractivity contribution < 1.29 is 4.42 Å². The molecule has 1 heterocycles. The van der Waals surface area contributed by atoms with E-state index in [2.05, 4.69) is 38.1 Å². The van der Waals surface area contributed by atoms with E-state index in [1.165, 1.54) is 17.4 Å². The molecule has 94 valence electrons. The molecule has 1 heteroatoms. The van der Waals surface area contributed by atoms with E-state index in [4.69, 9.17) is 4.42 Å². The molecule has 0 amide bonds. The molecule has 0 aliphatic carbocycles. The molecule has 0 bridgehead atoms. The zero-order valence-corrected chi connectivity index (χ0v) is 11.7. The summed E-state index contributed by atoms with van der Waals surface area (Å²) in [5, 5.41) is 1.21. The van der Waals surface area contributed by atoms with Crippen molar-refractivity contribution in [3.63, 3.8) is 0 Å². The second kappa shape index (κ2) is 6.48. The topological polar surface area (TPSA) is 13.1 Å². The van der Waals surface area contributed by atoms with Gasteiger partial charge in [0.1, 0.15) is 11.3 Å². The molecule has 0 saturated heterocycles. The summed E-state index contributed by atoms with van der Waals surface area (Å²) in [7, 11) is 0. The molecule has 0 saturated carbocycles. The number of hydrogen-bond donors (Lipinski definition) is 0. The number of rotatable bonds is 3. The lowest BCUT2D eigenvalue weighted by Crippen LogP contribution is -1.91. The normalized spacial score (nSPS) is 10.5. The Balaban J connectivity index is 0.000000686. The van der Waals surface area contributed by atoms with Crippen molar-refractivity contribution in [1.82, 2.24) is 0 Å². The lowest BCUT2D eigenvalue weighted by molar-refractivity contribution is 0.574. The van der Waals surface area contributed by atoms with Crippen molar-refractivity contribution in [2.24, 2.45) is 5.92 Å². The van der Waals surface area contributed by atoms with E-state index in [0.29, 0.717) is 0 Å². The van der Waals surface area contributed by atoms with Gasteiger partial charge in [-0.25, -0.2) is 0 Å².